The first-order valence-electron chi connectivity index (χ1n) is 12.2. The van der Waals surface area contributed by atoms with Gasteiger partial charge in [-0.1, -0.05) is 18.1 Å². The molecule has 1 spiro atoms. The molecule has 6 rings (SSSR count). The van der Waals surface area contributed by atoms with E-state index in [0.717, 1.165) is 51.6 Å². The number of carbonyl (C=O) groups excluding carboxylic acids is 2. The first-order valence-corrected chi connectivity index (χ1v) is 12.2. The zero-order valence-electron chi connectivity index (χ0n) is 19.0. The smallest absolute Gasteiger partial charge is 0.309 e. The van der Waals surface area contributed by atoms with Gasteiger partial charge in [0.2, 0.25) is 0 Å². The number of methoxy groups -OCH3 is 1. The van der Waals surface area contributed by atoms with Gasteiger partial charge >= 0.3 is 11.9 Å². The zero-order valence-corrected chi connectivity index (χ0v) is 19.0. The van der Waals surface area contributed by atoms with E-state index in [4.69, 9.17) is 9.47 Å². The van der Waals surface area contributed by atoms with Crippen LogP contribution in [-0.4, -0.2) is 54.5 Å². The Morgan fingerprint density at radius 1 is 1.19 bits per heavy atom. The van der Waals surface area contributed by atoms with Gasteiger partial charge in [-0.2, -0.15) is 0 Å². The summed E-state index contributed by atoms with van der Waals surface area (Å²) in [7, 11) is 1.49. The molecule has 6 nitrogen and oxygen atoms in total. The lowest BCUT2D eigenvalue weighted by atomic mass is 9.42. The predicted molar refractivity (Wildman–Crippen MR) is 113 cm³/mol. The molecule has 0 radical (unpaired) electrons. The lowest BCUT2D eigenvalue weighted by Crippen LogP contribution is -2.76. The second-order valence-electron chi connectivity index (χ2n) is 11.3. The average molecular weight is 430 g/mol. The van der Waals surface area contributed by atoms with Crippen molar-refractivity contribution < 1.29 is 24.2 Å². The van der Waals surface area contributed by atoms with E-state index in [1.165, 1.54) is 25.2 Å². The Bertz CT molecular complexity index is 883. The van der Waals surface area contributed by atoms with Crippen LogP contribution >= 0.6 is 0 Å². The number of hydrogen-bond donors (Lipinski definition) is 1. The van der Waals surface area contributed by atoms with Gasteiger partial charge in [0.1, 0.15) is 5.72 Å². The van der Waals surface area contributed by atoms with Gasteiger partial charge in [-0.15, -0.1) is 0 Å². The Kier molecular flexibility index (Phi) is 4.14. The molecule has 4 fully saturated rings. The minimum Gasteiger partial charge on any atom is -0.469 e. The maximum absolute atomic E-state index is 13.0. The summed E-state index contributed by atoms with van der Waals surface area (Å²) in [5, 5.41) is 12.8. The van der Waals surface area contributed by atoms with Crippen LogP contribution in [0.25, 0.3) is 0 Å². The molecule has 2 aliphatic heterocycles. The molecule has 2 saturated carbocycles. The van der Waals surface area contributed by atoms with Crippen LogP contribution in [-0.2, 0) is 19.1 Å². The third kappa shape index (κ3) is 2.12. The highest BCUT2D eigenvalue weighted by Gasteiger charge is 2.81. The van der Waals surface area contributed by atoms with Crippen molar-refractivity contribution in [2.24, 2.45) is 40.4 Å². The second kappa shape index (κ2) is 6.34. The number of aliphatic hydroxyl groups is 1. The summed E-state index contributed by atoms with van der Waals surface area (Å²) in [5.74, 6) is 0.557. The Balaban J connectivity index is 1.62. The number of nitrogens with zero attached hydrogens (tertiary/aromatic N) is 1. The van der Waals surface area contributed by atoms with E-state index in [2.05, 4.69) is 11.8 Å². The molecular weight excluding hydrogens is 394 g/mol. The number of allylic oxidation sites excluding steroid dienone is 1. The van der Waals surface area contributed by atoms with Gasteiger partial charge in [0.05, 0.1) is 19.6 Å². The van der Waals surface area contributed by atoms with Gasteiger partial charge in [-0.3, -0.25) is 14.5 Å². The van der Waals surface area contributed by atoms with E-state index < -0.39 is 11.1 Å². The molecule has 2 heterocycles. The van der Waals surface area contributed by atoms with Crippen LogP contribution in [0.3, 0.4) is 0 Å². The van der Waals surface area contributed by atoms with Crippen LogP contribution < -0.4 is 0 Å². The van der Waals surface area contributed by atoms with Crippen molar-refractivity contribution in [3.8, 4) is 0 Å². The minimum absolute atomic E-state index is 0.136. The second-order valence-corrected chi connectivity index (χ2v) is 11.3. The van der Waals surface area contributed by atoms with Crippen LogP contribution in [0.2, 0.25) is 0 Å². The molecular formula is C25H35NO5. The number of ether oxygens (including phenoxy) is 2. The minimum atomic E-state index is -0.961. The van der Waals surface area contributed by atoms with Crippen LogP contribution in [0.15, 0.2) is 11.1 Å². The summed E-state index contributed by atoms with van der Waals surface area (Å²) in [6.45, 7) is 5.91. The van der Waals surface area contributed by atoms with Crippen molar-refractivity contribution in [2.45, 2.75) is 64.5 Å². The Hall–Kier alpha value is -1.40. The first kappa shape index (κ1) is 20.2. The lowest BCUT2D eigenvalue weighted by molar-refractivity contribution is -0.306. The Morgan fingerprint density at radius 2 is 1.97 bits per heavy atom. The van der Waals surface area contributed by atoms with Gasteiger partial charge in [-0.25, -0.2) is 0 Å². The van der Waals surface area contributed by atoms with Crippen molar-refractivity contribution in [3.63, 3.8) is 0 Å². The van der Waals surface area contributed by atoms with Gasteiger partial charge < -0.3 is 14.6 Å². The molecule has 4 bridgehead atoms. The molecule has 0 aromatic rings. The highest BCUT2D eigenvalue weighted by Crippen LogP contribution is 2.79. The van der Waals surface area contributed by atoms with Gasteiger partial charge in [0.15, 0.2) is 0 Å². The summed E-state index contributed by atoms with van der Waals surface area (Å²) in [6.07, 6.45) is 6.72. The largest absolute Gasteiger partial charge is 0.469 e. The molecule has 0 aromatic carbocycles. The maximum Gasteiger partial charge on any atom is 0.309 e. The van der Waals surface area contributed by atoms with Gasteiger partial charge in [-0.05, 0) is 62.7 Å². The van der Waals surface area contributed by atoms with Crippen LogP contribution in [0, 0.1) is 40.4 Å². The number of rotatable bonds is 3. The third-order valence-corrected chi connectivity index (χ3v) is 10.6. The lowest BCUT2D eigenvalue weighted by Gasteiger charge is -2.69. The summed E-state index contributed by atoms with van der Waals surface area (Å²) >= 11 is 0. The van der Waals surface area contributed by atoms with E-state index in [9.17, 15) is 14.7 Å². The maximum atomic E-state index is 13.0. The van der Waals surface area contributed by atoms with Crippen molar-refractivity contribution in [2.75, 3.05) is 26.8 Å². The van der Waals surface area contributed by atoms with Crippen LogP contribution in [0.1, 0.15) is 58.8 Å². The number of hydrogen-bond acceptors (Lipinski definition) is 6. The first-order chi connectivity index (χ1) is 14.8. The van der Waals surface area contributed by atoms with Crippen molar-refractivity contribution >= 4 is 11.9 Å². The van der Waals surface area contributed by atoms with Gasteiger partial charge in [0.25, 0.3) is 0 Å². The van der Waals surface area contributed by atoms with E-state index >= 15 is 0 Å². The Labute approximate surface area is 184 Å². The molecule has 1 N–H and O–H groups in total. The van der Waals surface area contributed by atoms with Crippen molar-refractivity contribution in [1.82, 2.24) is 4.90 Å². The molecule has 31 heavy (non-hydrogen) atoms. The highest BCUT2D eigenvalue weighted by atomic mass is 16.5. The summed E-state index contributed by atoms with van der Waals surface area (Å²) in [5.41, 5.74) is 1.09. The highest BCUT2D eigenvalue weighted by molar-refractivity contribution is 5.75. The monoisotopic (exact) mass is 429 g/mol. The average Bonchev–Trinajstić information content (AvgIpc) is 3.36. The third-order valence-electron chi connectivity index (χ3n) is 10.6. The van der Waals surface area contributed by atoms with E-state index in [1.54, 1.807) is 0 Å². The fourth-order valence-corrected chi connectivity index (χ4v) is 9.73. The normalized spacial score (nSPS) is 49.6. The summed E-state index contributed by atoms with van der Waals surface area (Å²) < 4.78 is 11.1. The van der Waals surface area contributed by atoms with Gasteiger partial charge in [0, 0.05) is 36.8 Å². The summed E-state index contributed by atoms with van der Waals surface area (Å²) in [6, 6.07) is 0. The fourth-order valence-electron chi connectivity index (χ4n) is 9.73. The Morgan fingerprint density at radius 3 is 2.71 bits per heavy atom. The van der Waals surface area contributed by atoms with E-state index in [-0.39, 0.29) is 35.1 Å². The fraction of sp³-hybridized carbons (Fsp3) is 0.840. The van der Waals surface area contributed by atoms with Crippen LogP contribution in [0.4, 0.5) is 0 Å². The molecule has 0 amide bonds. The van der Waals surface area contributed by atoms with Crippen molar-refractivity contribution in [3.05, 3.63) is 11.1 Å². The predicted octanol–water partition coefficient (Wildman–Crippen LogP) is 2.90. The molecule has 0 unspecified atom stereocenters. The molecule has 0 aromatic heterocycles. The van der Waals surface area contributed by atoms with Crippen molar-refractivity contribution in [1.29, 1.82) is 0 Å². The number of esters is 2. The molecule has 170 valence electrons. The number of carbonyl (C=O) groups is 2. The van der Waals surface area contributed by atoms with E-state index in [1.807, 2.05) is 0 Å². The molecule has 8 atom stereocenters. The van der Waals surface area contributed by atoms with Crippen LogP contribution in [0.5, 0.6) is 0 Å². The molecule has 2 saturated heterocycles. The topological polar surface area (TPSA) is 76.1 Å². The molecule has 6 aliphatic rings. The standard InChI is InChI=1S/C25H35NO5/c1-14-11-26-12-17-6-4-16-5-7-18-19(22(28)30-3)10-24(21(16)18)23(17,13-31-15(2)27)9-8-20(14)25(24,26)29/h14,17-20,29H,4-13H2,1-3H3/t14-,17-,18-,19-,20-,23-,24-,25-/m1/s1. The number of piperidine rings is 1. The molecule has 4 aliphatic carbocycles. The SMILES string of the molecule is COC(=O)[C@@H]1C[C@@]23C4=C(CC[C@@H]5CN6C[C@@H](C)[C@@H](CC[C@@]52COC(C)=O)[C@]63O)CC[C@@H]41. The summed E-state index contributed by atoms with van der Waals surface area (Å²) in [4.78, 5) is 27.4. The molecule has 6 heteroatoms. The van der Waals surface area contributed by atoms with E-state index in [0.29, 0.717) is 24.9 Å². The zero-order chi connectivity index (χ0) is 21.8. The quantitative estimate of drug-likeness (QED) is 0.549.